The Morgan fingerprint density at radius 3 is 0.714 bits per heavy atom. The molecule has 0 atom stereocenters. The highest BCUT2D eigenvalue weighted by molar-refractivity contribution is 5.57. The van der Waals surface area contributed by atoms with E-state index in [1.807, 2.05) is 0 Å². The molecule has 0 radical (unpaired) electrons. The lowest BCUT2D eigenvalue weighted by molar-refractivity contribution is 0.444. The summed E-state index contributed by atoms with van der Waals surface area (Å²) in [7, 11) is 0. The van der Waals surface area contributed by atoms with Gasteiger partial charge in [-0.3, -0.25) is 0 Å². The molecule has 0 saturated carbocycles. The molecular weight excluding hydrogens is 336 g/mol. The highest BCUT2D eigenvalue weighted by atomic mass is 14.3. The van der Waals surface area contributed by atoms with Crippen LogP contribution in [-0.2, 0) is 0 Å². The standard InChI is InChI=1S/C28H44/c1-25(2,3)21-13-19(14-22(17-21)26(4,5)6)20-15-23(27(7,8)9)18-24(16-20)28(10,11)12/h13-16H,17-18H2,1-12H3. The quantitative estimate of drug-likeness (QED) is 0.393. The highest BCUT2D eigenvalue weighted by Crippen LogP contribution is 2.45. The molecule has 2 rings (SSSR count). The molecule has 0 heterocycles. The van der Waals surface area contributed by atoms with Crippen LogP contribution < -0.4 is 0 Å². The van der Waals surface area contributed by atoms with Gasteiger partial charge in [-0.15, -0.1) is 0 Å². The van der Waals surface area contributed by atoms with Crippen molar-refractivity contribution < 1.29 is 0 Å². The third-order valence-electron chi connectivity index (χ3n) is 6.27. The van der Waals surface area contributed by atoms with Gasteiger partial charge in [0.15, 0.2) is 0 Å². The van der Waals surface area contributed by atoms with Crippen LogP contribution >= 0.6 is 0 Å². The smallest absolute Gasteiger partial charge is 0.00913 e. The van der Waals surface area contributed by atoms with Gasteiger partial charge < -0.3 is 0 Å². The molecule has 2 aliphatic rings. The average molecular weight is 381 g/mol. The topological polar surface area (TPSA) is 0 Å². The van der Waals surface area contributed by atoms with Crippen LogP contribution in [0.1, 0.15) is 95.9 Å². The Morgan fingerprint density at radius 2 is 0.571 bits per heavy atom. The van der Waals surface area contributed by atoms with Crippen LogP contribution in [0.25, 0.3) is 0 Å². The molecule has 0 bridgehead atoms. The van der Waals surface area contributed by atoms with E-state index in [4.69, 9.17) is 0 Å². The van der Waals surface area contributed by atoms with Crippen molar-refractivity contribution in [3.8, 4) is 0 Å². The van der Waals surface area contributed by atoms with Gasteiger partial charge in [-0.25, -0.2) is 0 Å². The first kappa shape index (κ1) is 23.0. The molecule has 0 aromatic heterocycles. The second-order valence-corrected chi connectivity index (χ2v) is 12.9. The fraction of sp³-hybridized carbons (Fsp3) is 0.643. The molecule has 28 heavy (non-hydrogen) atoms. The maximum Gasteiger partial charge on any atom is -0.00913 e. The summed E-state index contributed by atoms with van der Waals surface area (Å²) in [4.78, 5) is 0. The Morgan fingerprint density at radius 1 is 0.393 bits per heavy atom. The molecule has 2 aliphatic carbocycles. The van der Waals surface area contributed by atoms with Gasteiger partial charge in [-0.2, -0.15) is 0 Å². The predicted octanol–water partition coefficient (Wildman–Crippen LogP) is 8.98. The molecule has 0 spiro atoms. The summed E-state index contributed by atoms with van der Waals surface area (Å²) in [5.74, 6) is 0. The molecule has 0 N–H and O–H groups in total. The summed E-state index contributed by atoms with van der Waals surface area (Å²) >= 11 is 0. The second-order valence-electron chi connectivity index (χ2n) is 12.9. The van der Waals surface area contributed by atoms with Gasteiger partial charge in [-0.1, -0.05) is 130 Å². The van der Waals surface area contributed by atoms with Crippen molar-refractivity contribution >= 4 is 0 Å². The molecule has 0 aliphatic heterocycles. The maximum atomic E-state index is 2.48. The van der Waals surface area contributed by atoms with Gasteiger partial charge in [-0.05, 0) is 45.6 Å². The van der Waals surface area contributed by atoms with Gasteiger partial charge in [0.25, 0.3) is 0 Å². The van der Waals surface area contributed by atoms with E-state index in [0.29, 0.717) is 0 Å². The van der Waals surface area contributed by atoms with E-state index in [1.54, 1.807) is 22.3 Å². The molecule has 0 amide bonds. The van der Waals surface area contributed by atoms with Crippen molar-refractivity contribution in [3.63, 3.8) is 0 Å². The Kier molecular flexibility index (Phi) is 5.90. The summed E-state index contributed by atoms with van der Waals surface area (Å²) in [6, 6.07) is 0. The predicted molar refractivity (Wildman–Crippen MR) is 126 cm³/mol. The zero-order valence-electron chi connectivity index (χ0n) is 20.7. The van der Waals surface area contributed by atoms with Crippen molar-refractivity contribution in [1.82, 2.24) is 0 Å². The van der Waals surface area contributed by atoms with E-state index in [9.17, 15) is 0 Å². The van der Waals surface area contributed by atoms with Crippen LogP contribution in [0.4, 0.5) is 0 Å². The fourth-order valence-electron chi connectivity index (χ4n) is 3.71. The third kappa shape index (κ3) is 5.40. The summed E-state index contributed by atoms with van der Waals surface area (Å²) < 4.78 is 0. The highest BCUT2D eigenvalue weighted by Gasteiger charge is 2.30. The van der Waals surface area contributed by atoms with E-state index in [2.05, 4.69) is 107 Å². The van der Waals surface area contributed by atoms with Gasteiger partial charge in [0.1, 0.15) is 0 Å². The zero-order chi connectivity index (χ0) is 21.7. The molecule has 0 unspecified atom stereocenters. The minimum Gasteiger partial charge on any atom is -0.0601 e. The molecular formula is C28H44. The molecule has 0 aromatic rings. The molecule has 0 fully saturated rings. The van der Waals surface area contributed by atoms with E-state index >= 15 is 0 Å². The molecule has 156 valence electrons. The number of hydrogen-bond donors (Lipinski definition) is 0. The molecule has 0 aromatic carbocycles. The fourth-order valence-corrected chi connectivity index (χ4v) is 3.71. The van der Waals surface area contributed by atoms with Crippen molar-refractivity contribution in [1.29, 1.82) is 0 Å². The van der Waals surface area contributed by atoms with Crippen LogP contribution in [0.5, 0.6) is 0 Å². The zero-order valence-corrected chi connectivity index (χ0v) is 20.7. The molecule has 0 heteroatoms. The Labute approximate surface area is 175 Å². The Bertz CT molecular complexity index is 641. The maximum absolute atomic E-state index is 2.48. The number of allylic oxidation sites excluding steroid dienone is 10. The molecule has 0 nitrogen and oxygen atoms in total. The van der Waals surface area contributed by atoms with E-state index in [1.165, 1.54) is 11.1 Å². The Balaban J connectivity index is 2.76. The van der Waals surface area contributed by atoms with E-state index in [0.717, 1.165) is 12.8 Å². The first-order chi connectivity index (χ1) is 12.4. The second kappa shape index (κ2) is 7.19. The van der Waals surface area contributed by atoms with E-state index in [-0.39, 0.29) is 21.7 Å². The lowest BCUT2D eigenvalue weighted by Crippen LogP contribution is -2.20. The van der Waals surface area contributed by atoms with E-state index < -0.39 is 0 Å². The van der Waals surface area contributed by atoms with Crippen LogP contribution in [0.2, 0.25) is 0 Å². The van der Waals surface area contributed by atoms with Gasteiger partial charge in [0.2, 0.25) is 0 Å². The number of hydrogen-bond acceptors (Lipinski definition) is 0. The largest absolute Gasteiger partial charge is 0.0601 e. The first-order valence-electron chi connectivity index (χ1n) is 11.0. The Hall–Kier alpha value is -1.30. The average Bonchev–Trinajstić information content (AvgIpc) is 2.50. The SMILES string of the molecule is CC(C)(C)C1=CC(=C2C=C(C(C)(C)C)CC(C(C)(C)C)=C2)C=C(C(C)(C)C)C1. The van der Waals surface area contributed by atoms with Crippen molar-refractivity contribution in [2.45, 2.75) is 95.9 Å². The summed E-state index contributed by atoms with van der Waals surface area (Å²) in [5, 5.41) is 0. The van der Waals surface area contributed by atoms with Crippen LogP contribution in [0.3, 0.4) is 0 Å². The summed E-state index contributed by atoms with van der Waals surface area (Å²) in [5.41, 5.74) is 9.74. The normalized spacial score (nSPS) is 19.9. The van der Waals surface area contributed by atoms with Crippen LogP contribution in [0, 0.1) is 21.7 Å². The minimum absolute atomic E-state index is 0.193. The lowest BCUT2D eigenvalue weighted by Gasteiger charge is -2.35. The monoisotopic (exact) mass is 380 g/mol. The van der Waals surface area contributed by atoms with Gasteiger partial charge in [0.05, 0.1) is 0 Å². The summed E-state index contributed by atoms with van der Waals surface area (Å²) in [6.07, 6.45) is 12.1. The molecule has 0 saturated heterocycles. The van der Waals surface area contributed by atoms with Crippen LogP contribution in [-0.4, -0.2) is 0 Å². The van der Waals surface area contributed by atoms with Crippen molar-refractivity contribution in [2.75, 3.05) is 0 Å². The minimum atomic E-state index is 0.193. The third-order valence-corrected chi connectivity index (χ3v) is 6.27. The van der Waals surface area contributed by atoms with Crippen molar-refractivity contribution in [2.24, 2.45) is 21.7 Å². The van der Waals surface area contributed by atoms with Gasteiger partial charge >= 0.3 is 0 Å². The van der Waals surface area contributed by atoms with Gasteiger partial charge in [0, 0.05) is 0 Å². The van der Waals surface area contributed by atoms with Crippen molar-refractivity contribution in [3.05, 3.63) is 57.7 Å². The first-order valence-corrected chi connectivity index (χ1v) is 11.0. The number of rotatable bonds is 0. The van der Waals surface area contributed by atoms with Crippen LogP contribution in [0.15, 0.2) is 57.7 Å². The summed E-state index contributed by atoms with van der Waals surface area (Å²) in [6.45, 7) is 28.2. The lowest BCUT2D eigenvalue weighted by atomic mass is 9.70.